The molecule has 1 saturated heterocycles. The van der Waals surface area contributed by atoms with Crippen molar-refractivity contribution in [2.75, 3.05) is 26.1 Å². The number of hydrogen-bond donors (Lipinski definition) is 0. The van der Waals surface area contributed by atoms with Gasteiger partial charge in [-0.1, -0.05) is 41.4 Å². The molecule has 1 aliphatic rings. The molecular formula is C32H28Cl2N4O4S. The van der Waals surface area contributed by atoms with Crippen LogP contribution in [0.1, 0.15) is 22.5 Å². The van der Waals surface area contributed by atoms with E-state index in [-0.39, 0.29) is 19.1 Å². The molecular weight excluding hydrogens is 607 g/mol. The molecule has 0 spiro atoms. The highest BCUT2D eigenvalue weighted by Gasteiger charge is 2.34. The lowest BCUT2D eigenvalue weighted by Gasteiger charge is -2.13. The Labute approximate surface area is 264 Å². The Morgan fingerprint density at radius 2 is 1.79 bits per heavy atom. The maximum atomic E-state index is 13.4. The van der Waals surface area contributed by atoms with Crippen molar-refractivity contribution in [2.24, 2.45) is 10.2 Å². The number of nitrogens with zero attached hydrogens (tertiary/aromatic N) is 4. The van der Waals surface area contributed by atoms with Gasteiger partial charge in [0.2, 0.25) is 0 Å². The second kappa shape index (κ2) is 13.9. The molecule has 0 atom stereocenters. The van der Waals surface area contributed by atoms with E-state index in [1.54, 1.807) is 54.8 Å². The fraction of sp³-hybridized carbons (Fsp3) is 0.156. The van der Waals surface area contributed by atoms with Gasteiger partial charge in [0.1, 0.15) is 12.4 Å². The number of ether oxygens (including phenoxy) is 2. The molecule has 43 heavy (non-hydrogen) atoms. The Morgan fingerprint density at radius 3 is 2.49 bits per heavy atom. The van der Waals surface area contributed by atoms with Crippen molar-refractivity contribution in [3.05, 3.63) is 116 Å². The van der Waals surface area contributed by atoms with Gasteiger partial charge in [0.25, 0.3) is 5.91 Å². The van der Waals surface area contributed by atoms with Crippen molar-refractivity contribution in [3.63, 3.8) is 0 Å². The maximum absolute atomic E-state index is 13.4. The SMILES string of the molecule is COc1cc(/C=N/N=C2\S/C(=C\c3ccc(N(C)C)cc3)C(=O)N2Cc2ccco2)ccc1OCc1ccc(Cl)cc1Cl. The van der Waals surface area contributed by atoms with E-state index in [1.807, 2.05) is 67.5 Å². The minimum absolute atomic E-state index is 0.170. The third-order valence-electron chi connectivity index (χ3n) is 6.43. The normalized spacial score (nSPS) is 15.2. The quantitative estimate of drug-likeness (QED) is 0.101. The fourth-order valence-corrected chi connectivity index (χ4v) is 5.52. The number of furan rings is 1. The van der Waals surface area contributed by atoms with Crippen molar-refractivity contribution >= 4 is 64.0 Å². The zero-order valence-electron chi connectivity index (χ0n) is 23.7. The van der Waals surface area contributed by atoms with E-state index in [1.165, 1.54) is 11.8 Å². The Hall–Kier alpha value is -4.18. The summed E-state index contributed by atoms with van der Waals surface area (Å²) in [4.78, 5) is 17.5. The molecule has 1 fully saturated rings. The van der Waals surface area contributed by atoms with E-state index in [2.05, 4.69) is 10.2 Å². The summed E-state index contributed by atoms with van der Waals surface area (Å²) in [5.41, 5.74) is 3.53. The van der Waals surface area contributed by atoms with Gasteiger partial charge in [-0.3, -0.25) is 9.69 Å². The molecule has 0 aliphatic carbocycles. The van der Waals surface area contributed by atoms with Crippen LogP contribution in [0.5, 0.6) is 11.5 Å². The van der Waals surface area contributed by atoms with E-state index in [0.29, 0.717) is 37.4 Å². The summed E-state index contributed by atoms with van der Waals surface area (Å²) in [6.07, 6.45) is 5.02. The maximum Gasteiger partial charge on any atom is 0.267 e. The average molecular weight is 636 g/mol. The van der Waals surface area contributed by atoms with Crippen LogP contribution < -0.4 is 14.4 Å². The predicted octanol–water partition coefficient (Wildman–Crippen LogP) is 7.75. The van der Waals surface area contributed by atoms with Gasteiger partial charge in [0, 0.05) is 35.4 Å². The number of thioether (sulfide) groups is 1. The summed E-state index contributed by atoms with van der Waals surface area (Å²) in [5, 5.41) is 10.2. The average Bonchev–Trinajstić information content (AvgIpc) is 3.61. The van der Waals surface area contributed by atoms with Crippen molar-refractivity contribution in [3.8, 4) is 11.5 Å². The number of carbonyl (C=O) groups excluding carboxylic acids is 1. The molecule has 2 heterocycles. The van der Waals surface area contributed by atoms with Gasteiger partial charge >= 0.3 is 0 Å². The molecule has 220 valence electrons. The monoisotopic (exact) mass is 634 g/mol. The minimum atomic E-state index is -0.170. The third-order valence-corrected chi connectivity index (χ3v) is 8.01. The van der Waals surface area contributed by atoms with Crippen molar-refractivity contribution in [1.29, 1.82) is 0 Å². The molecule has 8 nitrogen and oxygen atoms in total. The van der Waals surface area contributed by atoms with Crippen LogP contribution in [0.15, 0.2) is 98.6 Å². The molecule has 0 N–H and O–H groups in total. The summed E-state index contributed by atoms with van der Waals surface area (Å²) < 4.78 is 17.0. The van der Waals surface area contributed by atoms with Crippen LogP contribution in [0, 0.1) is 0 Å². The minimum Gasteiger partial charge on any atom is -0.493 e. The van der Waals surface area contributed by atoms with Gasteiger partial charge in [-0.2, -0.15) is 5.10 Å². The van der Waals surface area contributed by atoms with Crippen LogP contribution in [-0.4, -0.2) is 43.4 Å². The standard InChI is InChI=1S/C32H28Cl2N4O4S/c1-37(2)25-11-6-21(7-12-25)16-30-31(39)38(19-26-5-4-14-41-26)32(43-30)36-35-18-22-8-13-28(29(15-22)40-3)42-20-23-9-10-24(33)17-27(23)34/h4-18H,19-20H2,1-3H3/b30-16-,35-18+,36-32-. The summed E-state index contributed by atoms with van der Waals surface area (Å²) in [6, 6.07) is 22.2. The lowest BCUT2D eigenvalue weighted by atomic mass is 10.2. The van der Waals surface area contributed by atoms with Crippen LogP contribution in [0.2, 0.25) is 10.0 Å². The number of halogens is 2. The zero-order valence-corrected chi connectivity index (χ0v) is 26.0. The van der Waals surface area contributed by atoms with E-state index >= 15 is 0 Å². The lowest BCUT2D eigenvalue weighted by Crippen LogP contribution is -2.28. The summed E-state index contributed by atoms with van der Waals surface area (Å²) >= 11 is 13.5. The highest BCUT2D eigenvalue weighted by Crippen LogP contribution is 2.34. The number of methoxy groups -OCH3 is 1. The second-order valence-electron chi connectivity index (χ2n) is 9.63. The van der Waals surface area contributed by atoms with E-state index < -0.39 is 0 Å². The van der Waals surface area contributed by atoms with Crippen molar-refractivity contribution < 1.29 is 18.7 Å². The van der Waals surface area contributed by atoms with E-state index in [4.69, 9.17) is 37.1 Å². The first-order chi connectivity index (χ1) is 20.8. The highest BCUT2D eigenvalue weighted by molar-refractivity contribution is 8.18. The molecule has 4 aromatic rings. The molecule has 0 bridgehead atoms. The molecule has 5 rings (SSSR count). The zero-order chi connectivity index (χ0) is 30.3. The number of hydrogen-bond acceptors (Lipinski definition) is 8. The first kappa shape index (κ1) is 30.3. The van der Waals surface area contributed by atoms with Gasteiger partial charge in [0.05, 0.1) is 31.0 Å². The predicted molar refractivity (Wildman–Crippen MR) is 174 cm³/mol. The Kier molecular flexibility index (Phi) is 9.76. The number of anilines is 1. The Bertz CT molecular complexity index is 1690. The van der Waals surface area contributed by atoms with Crippen LogP contribution >= 0.6 is 35.0 Å². The van der Waals surface area contributed by atoms with E-state index in [0.717, 1.165) is 22.4 Å². The molecule has 3 aromatic carbocycles. The molecule has 1 aliphatic heterocycles. The first-order valence-corrected chi connectivity index (χ1v) is 14.7. The summed E-state index contributed by atoms with van der Waals surface area (Å²) in [5.74, 6) is 1.54. The smallest absolute Gasteiger partial charge is 0.267 e. The van der Waals surface area contributed by atoms with Gasteiger partial charge in [-0.05, 0) is 83.6 Å². The lowest BCUT2D eigenvalue weighted by molar-refractivity contribution is -0.122. The Balaban J connectivity index is 1.33. The van der Waals surface area contributed by atoms with Crippen molar-refractivity contribution in [1.82, 2.24) is 4.90 Å². The van der Waals surface area contributed by atoms with Crippen LogP contribution in [0.4, 0.5) is 5.69 Å². The number of amidine groups is 1. The van der Waals surface area contributed by atoms with E-state index in [9.17, 15) is 4.79 Å². The summed E-state index contributed by atoms with van der Waals surface area (Å²) in [7, 11) is 5.53. The molecule has 0 unspecified atom stereocenters. The molecule has 0 saturated carbocycles. The van der Waals surface area contributed by atoms with Gasteiger partial charge in [0.15, 0.2) is 16.7 Å². The Morgan fingerprint density at radius 1 is 1.00 bits per heavy atom. The van der Waals surface area contributed by atoms with Gasteiger partial charge in [-0.25, -0.2) is 0 Å². The molecule has 11 heteroatoms. The number of benzene rings is 3. The molecule has 1 aromatic heterocycles. The number of carbonyl (C=O) groups is 1. The van der Waals surface area contributed by atoms with Crippen LogP contribution in [-0.2, 0) is 17.9 Å². The fourth-order valence-electron chi connectivity index (χ4n) is 4.12. The van der Waals surface area contributed by atoms with Gasteiger partial charge in [-0.15, -0.1) is 5.10 Å². The highest BCUT2D eigenvalue weighted by atomic mass is 35.5. The van der Waals surface area contributed by atoms with Crippen LogP contribution in [0.25, 0.3) is 6.08 Å². The van der Waals surface area contributed by atoms with Gasteiger partial charge < -0.3 is 18.8 Å². The third kappa shape index (κ3) is 7.62. The largest absolute Gasteiger partial charge is 0.493 e. The molecule has 0 radical (unpaired) electrons. The van der Waals surface area contributed by atoms with Crippen LogP contribution in [0.3, 0.4) is 0 Å². The summed E-state index contributed by atoms with van der Waals surface area (Å²) in [6.45, 7) is 0.488. The number of rotatable bonds is 10. The topological polar surface area (TPSA) is 79.9 Å². The molecule has 1 amide bonds. The second-order valence-corrected chi connectivity index (χ2v) is 11.5. The first-order valence-electron chi connectivity index (χ1n) is 13.2. The van der Waals surface area contributed by atoms with Crippen molar-refractivity contribution in [2.45, 2.75) is 13.2 Å². The number of amides is 1.